The van der Waals surface area contributed by atoms with E-state index in [2.05, 4.69) is 80.1 Å². The van der Waals surface area contributed by atoms with Gasteiger partial charge in [0, 0.05) is 17.1 Å². The van der Waals surface area contributed by atoms with E-state index in [9.17, 15) is 0 Å². The summed E-state index contributed by atoms with van der Waals surface area (Å²) in [6.45, 7) is 16.0. The average Bonchev–Trinajstić information content (AvgIpc) is 2.49. The van der Waals surface area contributed by atoms with E-state index in [-0.39, 0.29) is 0 Å². The highest BCUT2D eigenvalue weighted by molar-refractivity contribution is 5.72. The molecule has 0 atom stereocenters. The van der Waals surface area contributed by atoms with E-state index in [1.165, 1.54) is 5.56 Å². The SMILES string of the molecule is C=CC(=C)N(c1ccc(C)cc1)c1ccc(C(=C)C)cc1. The van der Waals surface area contributed by atoms with Crippen molar-refractivity contribution in [2.45, 2.75) is 13.8 Å². The van der Waals surface area contributed by atoms with Crippen molar-refractivity contribution < 1.29 is 0 Å². The minimum atomic E-state index is 0.849. The Hall–Kier alpha value is -2.54. The summed E-state index contributed by atoms with van der Waals surface area (Å²) in [5, 5.41) is 0. The summed E-state index contributed by atoms with van der Waals surface area (Å²) in [6, 6.07) is 16.7. The average molecular weight is 275 g/mol. The third-order valence-electron chi connectivity index (χ3n) is 3.43. The Morgan fingerprint density at radius 2 is 1.38 bits per heavy atom. The first-order chi connectivity index (χ1) is 10.0. The zero-order valence-corrected chi connectivity index (χ0v) is 12.8. The largest absolute Gasteiger partial charge is 0.311 e. The molecule has 0 heterocycles. The van der Waals surface area contributed by atoms with Crippen LogP contribution < -0.4 is 4.90 Å². The molecular formula is C20H21N. The highest BCUT2D eigenvalue weighted by Crippen LogP contribution is 2.30. The molecule has 0 radical (unpaired) electrons. The van der Waals surface area contributed by atoms with E-state index >= 15 is 0 Å². The molecule has 0 fully saturated rings. The second-order valence-electron chi connectivity index (χ2n) is 5.19. The molecule has 0 amide bonds. The molecule has 0 bridgehead atoms. The highest BCUT2D eigenvalue weighted by Gasteiger charge is 2.11. The molecule has 0 saturated heterocycles. The molecule has 106 valence electrons. The van der Waals surface area contributed by atoms with Crippen molar-refractivity contribution in [2.75, 3.05) is 4.90 Å². The van der Waals surface area contributed by atoms with Crippen LogP contribution in [-0.2, 0) is 0 Å². The number of hydrogen-bond donors (Lipinski definition) is 0. The lowest BCUT2D eigenvalue weighted by Crippen LogP contribution is -2.14. The first-order valence-electron chi connectivity index (χ1n) is 6.97. The van der Waals surface area contributed by atoms with Gasteiger partial charge in [-0.15, -0.1) is 0 Å². The van der Waals surface area contributed by atoms with Gasteiger partial charge < -0.3 is 4.90 Å². The van der Waals surface area contributed by atoms with E-state index in [1.54, 1.807) is 6.08 Å². The lowest BCUT2D eigenvalue weighted by molar-refractivity contribution is 1.21. The third kappa shape index (κ3) is 3.32. The van der Waals surface area contributed by atoms with Crippen LogP contribution >= 0.6 is 0 Å². The van der Waals surface area contributed by atoms with Gasteiger partial charge in [-0.2, -0.15) is 0 Å². The van der Waals surface area contributed by atoms with Crippen molar-refractivity contribution >= 4 is 16.9 Å². The molecule has 0 aliphatic heterocycles. The fourth-order valence-corrected chi connectivity index (χ4v) is 2.16. The van der Waals surface area contributed by atoms with Crippen molar-refractivity contribution in [1.82, 2.24) is 0 Å². The number of allylic oxidation sites excluding steroid dienone is 2. The van der Waals surface area contributed by atoms with Gasteiger partial charge in [-0.25, -0.2) is 0 Å². The van der Waals surface area contributed by atoms with Gasteiger partial charge in [0.25, 0.3) is 0 Å². The molecule has 0 aliphatic rings. The molecule has 0 saturated carbocycles. The standard InChI is InChI=1S/C20H21N/c1-6-17(5)21(19-11-7-16(4)8-12-19)20-13-9-18(10-14-20)15(2)3/h6-14H,1-2,5H2,3-4H3. The van der Waals surface area contributed by atoms with E-state index in [1.807, 2.05) is 6.92 Å². The number of nitrogens with zero attached hydrogens (tertiary/aromatic N) is 1. The third-order valence-corrected chi connectivity index (χ3v) is 3.43. The minimum absolute atomic E-state index is 0.849. The number of hydrogen-bond acceptors (Lipinski definition) is 1. The van der Waals surface area contributed by atoms with Gasteiger partial charge in [0.05, 0.1) is 0 Å². The van der Waals surface area contributed by atoms with Gasteiger partial charge in [-0.1, -0.05) is 55.1 Å². The monoisotopic (exact) mass is 275 g/mol. The summed E-state index contributed by atoms with van der Waals surface area (Å²) >= 11 is 0. The molecule has 21 heavy (non-hydrogen) atoms. The van der Waals surface area contributed by atoms with E-state index in [0.29, 0.717) is 0 Å². The molecule has 2 rings (SSSR count). The Morgan fingerprint density at radius 3 is 1.81 bits per heavy atom. The highest BCUT2D eigenvalue weighted by atomic mass is 15.1. The molecule has 0 aromatic heterocycles. The maximum atomic E-state index is 4.10. The second-order valence-corrected chi connectivity index (χ2v) is 5.19. The summed E-state index contributed by atoms with van der Waals surface area (Å²) in [5.74, 6) is 0. The molecular weight excluding hydrogens is 254 g/mol. The van der Waals surface area contributed by atoms with Crippen molar-refractivity contribution in [3.8, 4) is 0 Å². The fraction of sp³-hybridized carbons (Fsp3) is 0.100. The molecule has 2 aromatic rings. The zero-order valence-electron chi connectivity index (χ0n) is 12.8. The topological polar surface area (TPSA) is 3.24 Å². The number of anilines is 2. The normalized spacial score (nSPS) is 10.0. The van der Waals surface area contributed by atoms with Crippen LogP contribution in [0.5, 0.6) is 0 Å². The maximum Gasteiger partial charge on any atom is 0.0461 e. The summed E-state index contributed by atoms with van der Waals surface area (Å²) in [5.41, 5.74) is 6.43. The smallest absolute Gasteiger partial charge is 0.0461 e. The Labute approximate surface area is 127 Å². The van der Waals surface area contributed by atoms with Crippen molar-refractivity contribution in [1.29, 1.82) is 0 Å². The summed E-state index contributed by atoms with van der Waals surface area (Å²) in [4.78, 5) is 2.09. The van der Waals surface area contributed by atoms with Crippen molar-refractivity contribution in [3.05, 3.63) is 91.2 Å². The zero-order chi connectivity index (χ0) is 15.4. The van der Waals surface area contributed by atoms with Crippen LogP contribution in [0.2, 0.25) is 0 Å². The molecule has 1 nitrogen and oxygen atoms in total. The molecule has 1 heteroatoms. The summed E-state index contributed by atoms with van der Waals surface area (Å²) < 4.78 is 0. The van der Waals surface area contributed by atoms with Gasteiger partial charge in [0.1, 0.15) is 0 Å². The van der Waals surface area contributed by atoms with Gasteiger partial charge >= 0.3 is 0 Å². The van der Waals surface area contributed by atoms with Crippen LogP contribution in [0.1, 0.15) is 18.1 Å². The van der Waals surface area contributed by atoms with Crippen LogP contribution in [-0.4, -0.2) is 0 Å². The predicted octanol–water partition coefficient (Wildman–Crippen LogP) is 5.87. The quantitative estimate of drug-likeness (QED) is 0.617. The van der Waals surface area contributed by atoms with Gasteiger partial charge in [-0.05, 0) is 49.8 Å². The van der Waals surface area contributed by atoms with Gasteiger partial charge in [0.15, 0.2) is 0 Å². The van der Waals surface area contributed by atoms with Gasteiger partial charge in [0.2, 0.25) is 0 Å². The first kappa shape index (κ1) is 14.9. The first-order valence-corrected chi connectivity index (χ1v) is 6.97. The molecule has 2 aromatic carbocycles. The molecule has 0 unspecified atom stereocenters. The summed E-state index contributed by atoms with van der Waals surface area (Å²) in [6.07, 6.45) is 1.77. The minimum Gasteiger partial charge on any atom is -0.311 e. The number of benzene rings is 2. The summed E-state index contributed by atoms with van der Waals surface area (Å²) in [7, 11) is 0. The van der Waals surface area contributed by atoms with Crippen molar-refractivity contribution in [3.63, 3.8) is 0 Å². The Kier molecular flexibility index (Phi) is 4.44. The van der Waals surface area contributed by atoms with E-state index < -0.39 is 0 Å². The lowest BCUT2D eigenvalue weighted by Gasteiger charge is -2.25. The lowest BCUT2D eigenvalue weighted by atomic mass is 10.1. The van der Waals surface area contributed by atoms with Crippen LogP contribution in [0.3, 0.4) is 0 Å². The molecule has 0 N–H and O–H groups in total. The van der Waals surface area contributed by atoms with E-state index in [0.717, 1.165) is 28.2 Å². The Bertz CT molecular complexity index is 660. The van der Waals surface area contributed by atoms with E-state index in [4.69, 9.17) is 0 Å². The fourth-order valence-electron chi connectivity index (χ4n) is 2.16. The Balaban J connectivity index is 2.45. The van der Waals surface area contributed by atoms with Gasteiger partial charge in [-0.3, -0.25) is 0 Å². The van der Waals surface area contributed by atoms with Crippen molar-refractivity contribution in [2.24, 2.45) is 0 Å². The predicted molar refractivity (Wildman–Crippen MR) is 93.8 cm³/mol. The molecule has 0 aliphatic carbocycles. The second kappa shape index (κ2) is 6.27. The van der Waals surface area contributed by atoms with Crippen LogP contribution in [0, 0.1) is 6.92 Å². The number of aryl methyl sites for hydroxylation is 1. The number of rotatable bonds is 5. The Morgan fingerprint density at radius 1 is 0.905 bits per heavy atom. The van der Waals surface area contributed by atoms with Crippen LogP contribution in [0.15, 0.2) is 80.0 Å². The van der Waals surface area contributed by atoms with Crippen LogP contribution in [0.25, 0.3) is 5.57 Å². The van der Waals surface area contributed by atoms with Crippen LogP contribution in [0.4, 0.5) is 11.4 Å². The molecule has 0 spiro atoms. The maximum absolute atomic E-state index is 4.10.